The first-order valence-corrected chi connectivity index (χ1v) is 6.93. The van der Waals surface area contributed by atoms with Crippen molar-refractivity contribution in [3.8, 4) is 0 Å². The van der Waals surface area contributed by atoms with Crippen molar-refractivity contribution in [1.29, 1.82) is 0 Å². The lowest BCUT2D eigenvalue weighted by Gasteiger charge is -2.20. The molecule has 0 aliphatic heterocycles. The van der Waals surface area contributed by atoms with Gasteiger partial charge >= 0.3 is 5.97 Å². The van der Waals surface area contributed by atoms with Crippen molar-refractivity contribution < 1.29 is 9.53 Å². The molecule has 0 aromatic heterocycles. The summed E-state index contributed by atoms with van der Waals surface area (Å²) in [5.41, 5.74) is 4.48. The van der Waals surface area contributed by atoms with Crippen molar-refractivity contribution in [2.24, 2.45) is 0 Å². The third kappa shape index (κ3) is 1.92. The number of hydrogen-bond acceptors (Lipinski definition) is 2. The molecule has 2 nitrogen and oxygen atoms in total. The number of aryl methyl sites for hydroxylation is 3. The molecular formula is C17H18O2. The van der Waals surface area contributed by atoms with Gasteiger partial charge in [-0.3, -0.25) is 0 Å². The lowest BCUT2D eigenvalue weighted by Crippen LogP contribution is -2.10. The Kier molecular flexibility index (Phi) is 3.02. The molecule has 0 radical (unpaired) electrons. The fourth-order valence-corrected chi connectivity index (χ4v) is 3.09. The minimum atomic E-state index is -0.200. The van der Waals surface area contributed by atoms with Crippen molar-refractivity contribution in [1.82, 2.24) is 0 Å². The van der Waals surface area contributed by atoms with Crippen LogP contribution in [-0.4, -0.2) is 12.6 Å². The summed E-state index contributed by atoms with van der Waals surface area (Å²) in [5.74, 6) is -0.200. The summed E-state index contributed by atoms with van der Waals surface area (Å²) >= 11 is 0. The van der Waals surface area contributed by atoms with Crippen molar-refractivity contribution >= 4 is 16.7 Å². The molecule has 2 aromatic rings. The maximum absolute atomic E-state index is 12.1. The number of rotatable bonds is 2. The highest BCUT2D eigenvalue weighted by molar-refractivity contribution is 6.01. The Morgan fingerprint density at radius 3 is 2.84 bits per heavy atom. The van der Waals surface area contributed by atoms with Crippen molar-refractivity contribution in [2.45, 2.75) is 33.1 Å². The van der Waals surface area contributed by atoms with Crippen LogP contribution in [0.4, 0.5) is 0 Å². The molecule has 19 heavy (non-hydrogen) atoms. The average Bonchev–Trinajstić information content (AvgIpc) is 2.43. The van der Waals surface area contributed by atoms with E-state index in [-0.39, 0.29) is 5.97 Å². The van der Waals surface area contributed by atoms with Crippen LogP contribution in [0, 0.1) is 6.92 Å². The van der Waals surface area contributed by atoms with E-state index in [2.05, 4.69) is 18.2 Å². The molecule has 2 heteroatoms. The van der Waals surface area contributed by atoms with E-state index >= 15 is 0 Å². The number of hydrogen-bond donors (Lipinski definition) is 0. The molecule has 2 aromatic carbocycles. The summed E-state index contributed by atoms with van der Waals surface area (Å²) in [6, 6.07) is 8.45. The molecule has 0 amide bonds. The Morgan fingerprint density at radius 1 is 1.26 bits per heavy atom. The fourth-order valence-electron chi connectivity index (χ4n) is 3.09. The molecule has 0 saturated heterocycles. The van der Waals surface area contributed by atoms with Gasteiger partial charge in [-0.2, -0.15) is 0 Å². The second-order valence-electron chi connectivity index (χ2n) is 5.12. The summed E-state index contributed by atoms with van der Waals surface area (Å²) in [5, 5.41) is 2.57. The summed E-state index contributed by atoms with van der Waals surface area (Å²) < 4.78 is 5.17. The summed E-state index contributed by atoms with van der Waals surface area (Å²) in [6.45, 7) is 4.28. The zero-order chi connectivity index (χ0) is 13.4. The summed E-state index contributed by atoms with van der Waals surface area (Å²) in [6.07, 6.45) is 3.36. The van der Waals surface area contributed by atoms with Gasteiger partial charge in [-0.25, -0.2) is 4.79 Å². The van der Waals surface area contributed by atoms with Crippen LogP contribution in [0.3, 0.4) is 0 Å². The second-order valence-corrected chi connectivity index (χ2v) is 5.12. The smallest absolute Gasteiger partial charge is 0.338 e. The molecule has 0 atom stereocenters. The molecule has 0 N–H and O–H groups in total. The van der Waals surface area contributed by atoms with Gasteiger partial charge in [0.1, 0.15) is 0 Å². The van der Waals surface area contributed by atoms with Crippen LogP contribution in [0.15, 0.2) is 24.3 Å². The lowest BCUT2D eigenvalue weighted by molar-refractivity contribution is 0.0525. The normalized spacial score (nSPS) is 13.6. The Balaban J connectivity index is 2.28. The van der Waals surface area contributed by atoms with Gasteiger partial charge < -0.3 is 4.74 Å². The fraction of sp³-hybridized carbons (Fsp3) is 0.353. The Bertz CT molecular complexity index is 656. The van der Waals surface area contributed by atoms with Gasteiger partial charge in [0.05, 0.1) is 12.2 Å². The number of benzene rings is 2. The van der Waals surface area contributed by atoms with Gasteiger partial charge in [0.2, 0.25) is 0 Å². The molecule has 0 unspecified atom stereocenters. The molecule has 1 aliphatic carbocycles. The minimum absolute atomic E-state index is 0.200. The van der Waals surface area contributed by atoms with Gasteiger partial charge in [0, 0.05) is 0 Å². The highest BCUT2D eigenvalue weighted by atomic mass is 16.5. The van der Waals surface area contributed by atoms with Crippen LogP contribution in [0.25, 0.3) is 10.8 Å². The average molecular weight is 254 g/mol. The highest BCUT2D eigenvalue weighted by Crippen LogP contribution is 2.33. The van der Waals surface area contributed by atoms with Gasteiger partial charge in [0.25, 0.3) is 0 Å². The second kappa shape index (κ2) is 4.69. The van der Waals surface area contributed by atoms with E-state index in [4.69, 9.17) is 4.74 Å². The number of carbonyl (C=O) groups excluding carboxylic acids is 1. The van der Waals surface area contributed by atoms with Gasteiger partial charge in [-0.15, -0.1) is 0 Å². The predicted molar refractivity (Wildman–Crippen MR) is 76.7 cm³/mol. The van der Waals surface area contributed by atoms with Crippen LogP contribution in [-0.2, 0) is 17.6 Å². The predicted octanol–water partition coefficient (Wildman–Crippen LogP) is 3.81. The van der Waals surface area contributed by atoms with E-state index in [1.54, 1.807) is 0 Å². The van der Waals surface area contributed by atoms with E-state index in [9.17, 15) is 4.79 Å². The Morgan fingerprint density at radius 2 is 2.05 bits per heavy atom. The quantitative estimate of drug-likeness (QED) is 0.762. The maximum Gasteiger partial charge on any atom is 0.338 e. The molecule has 98 valence electrons. The first-order valence-electron chi connectivity index (χ1n) is 6.93. The number of ether oxygens (including phenoxy) is 1. The third-order valence-corrected chi connectivity index (χ3v) is 3.99. The van der Waals surface area contributed by atoms with Crippen molar-refractivity contribution in [2.75, 3.05) is 6.61 Å². The van der Waals surface area contributed by atoms with Crippen LogP contribution in [0.5, 0.6) is 0 Å². The van der Waals surface area contributed by atoms with E-state index in [0.717, 1.165) is 30.4 Å². The summed E-state index contributed by atoms with van der Waals surface area (Å²) in [4.78, 5) is 12.1. The first-order chi connectivity index (χ1) is 9.22. The standard InChI is InChI=1S/C17H18O2/c1-3-19-17(18)15-10-13-8-4-6-12-7-5-9-14(11(15)2)16(12)13/h5,7,9-10H,3-4,6,8H2,1-2H3. The van der Waals surface area contributed by atoms with Crippen molar-refractivity contribution in [3.05, 3.63) is 46.5 Å². The third-order valence-electron chi connectivity index (χ3n) is 3.99. The summed E-state index contributed by atoms with van der Waals surface area (Å²) in [7, 11) is 0. The maximum atomic E-state index is 12.1. The van der Waals surface area contributed by atoms with Crippen LogP contribution < -0.4 is 0 Å². The molecule has 0 fully saturated rings. The van der Waals surface area contributed by atoms with Crippen LogP contribution in [0.1, 0.15) is 40.4 Å². The van der Waals surface area contributed by atoms with E-state index < -0.39 is 0 Å². The Labute approximate surface area is 113 Å². The van der Waals surface area contributed by atoms with E-state index in [0.29, 0.717) is 6.61 Å². The largest absolute Gasteiger partial charge is 0.462 e. The first kappa shape index (κ1) is 12.2. The SMILES string of the molecule is CCOC(=O)c1cc2c3c(cccc3c1C)CCC2. The topological polar surface area (TPSA) is 26.3 Å². The van der Waals surface area contributed by atoms with Gasteiger partial charge in [-0.1, -0.05) is 18.2 Å². The minimum Gasteiger partial charge on any atom is -0.462 e. The monoisotopic (exact) mass is 254 g/mol. The van der Waals surface area contributed by atoms with E-state index in [1.165, 1.54) is 21.9 Å². The molecular weight excluding hydrogens is 236 g/mol. The molecule has 1 aliphatic rings. The van der Waals surface area contributed by atoms with E-state index in [1.807, 2.05) is 19.9 Å². The lowest BCUT2D eigenvalue weighted by atomic mass is 9.85. The highest BCUT2D eigenvalue weighted by Gasteiger charge is 2.19. The van der Waals surface area contributed by atoms with Gasteiger partial charge in [-0.05, 0) is 66.6 Å². The van der Waals surface area contributed by atoms with Crippen LogP contribution >= 0.6 is 0 Å². The molecule has 3 rings (SSSR count). The Hall–Kier alpha value is -1.83. The zero-order valence-electron chi connectivity index (χ0n) is 11.5. The number of esters is 1. The molecule has 0 saturated carbocycles. The van der Waals surface area contributed by atoms with Crippen LogP contribution in [0.2, 0.25) is 0 Å². The zero-order valence-corrected chi connectivity index (χ0v) is 11.5. The van der Waals surface area contributed by atoms with Crippen molar-refractivity contribution in [3.63, 3.8) is 0 Å². The molecule has 0 bridgehead atoms. The molecule has 0 spiro atoms. The van der Waals surface area contributed by atoms with Gasteiger partial charge in [0.15, 0.2) is 0 Å². The number of carbonyl (C=O) groups is 1. The molecule has 0 heterocycles.